The van der Waals surface area contributed by atoms with Crippen molar-refractivity contribution in [3.05, 3.63) is 64.2 Å². The van der Waals surface area contributed by atoms with Crippen molar-refractivity contribution in [3.63, 3.8) is 0 Å². The van der Waals surface area contributed by atoms with E-state index in [-0.39, 0.29) is 11.3 Å². The Morgan fingerprint density at radius 3 is 2.57 bits per heavy atom. The Hall–Kier alpha value is -2.89. The Morgan fingerprint density at radius 1 is 1.24 bits per heavy atom. The van der Waals surface area contributed by atoms with Crippen molar-refractivity contribution < 1.29 is 14.5 Å². The number of ether oxygens (including phenoxy) is 1. The Balaban J connectivity index is 2.25. The van der Waals surface area contributed by atoms with E-state index < -0.39 is 10.9 Å². The Labute approximate surface area is 121 Å². The van der Waals surface area contributed by atoms with Crippen LogP contribution >= 0.6 is 0 Å². The molecule has 108 valence electrons. The molecule has 0 aliphatic rings. The largest absolute Gasteiger partial charge is 0.423 e. The second-order valence-corrected chi connectivity index (χ2v) is 4.22. The Bertz CT molecular complexity index is 656. The number of carbonyl (C=O) groups is 1. The van der Waals surface area contributed by atoms with Crippen molar-refractivity contribution in [2.24, 2.45) is 0 Å². The van der Waals surface area contributed by atoms with Crippen LogP contribution in [0.5, 0.6) is 5.75 Å². The van der Waals surface area contributed by atoms with Gasteiger partial charge >= 0.3 is 5.97 Å². The zero-order valence-corrected chi connectivity index (χ0v) is 11.4. The minimum absolute atomic E-state index is 0.132. The second kappa shape index (κ2) is 6.51. The van der Waals surface area contributed by atoms with Crippen molar-refractivity contribution in [3.8, 4) is 5.75 Å². The van der Waals surface area contributed by atoms with Crippen LogP contribution in [-0.4, -0.2) is 17.4 Å². The van der Waals surface area contributed by atoms with E-state index >= 15 is 0 Å². The van der Waals surface area contributed by atoms with E-state index in [4.69, 9.17) is 4.74 Å². The average Bonchev–Trinajstić information content (AvgIpc) is 2.48. The smallest absolute Gasteiger partial charge is 0.343 e. The van der Waals surface area contributed by atoms with Gasteiger partial charge in [0, 0.05) is 12.6 Å². The maximum Gasteiger partial charge on any atom is 0.343 e. The van der Waals surface area contributed by atoms with Gasteiger partial charge in [-0.15, -0.1) is 0 Å². The van der Waals surface area contributed by atoms with E-state index in [1.807, 2.05) is 6.92 Å². The first-order valence-electron chi connectivity index (χ1n) is 6.41. The molecule has 0 saturated carbocycles. The topological polar surface area (TPSA) is 81.5 Å². The van der Waals surface area contributed by atoms with Crippen LogP contribution in [0.2, 0.25) is 0 Å². The number of nitro groups is 1. The molecule has 6 nitrogen and oxygen atoms in total. The van der Waals surface area contributed by atoms with Gasteiger partial charge in [0.25, 0.3) is 5.69 Å². The highest BCUT2D eigenvalue weighted by Gasteiger charge is 2.18. The average molecular weight is 286 g/mol. The lowest BCUT2D eigenvalue weighted by atomic mass is 10.1. The van der Waals surface area contributed by atoms with Gasteiger partial charge in [0.1, 0.15) is 11.4 Å². The normalized spacial score (nSPS) is 9.95. The molecular formula is C15H14N2O4. The standard InChI is InChI=1S/C15H14N2O4/c1-2-16-13-9-8-11(10-14(13)17(19)20)15(18)21-12-6-4-3-5-7-12/h3-10,16H,2H2,1H3. The zero-order valence-electron chi connectivity index (χ0n) is 11.4. The number of nitrogens with zero attached hydrogens (tertiary/aromatic N) is 1. The highest BCUT2D eigenvalue weighted by Crippen LogP contribution is 2.26. The summed E-state index contributed by atoms with van der Waals surface area (Å²) in [5.74, 6) is -0.242. The maximum atomic E-state index is 12.0. The summed E-state index contributed by atoms with van der Waals surface area (Å²) < 4.78 is 5.15. The van der Waals surface area contributed by atoms with Crippen molar-refractivity contribution in [2.45, 2.75) is 6.92 Å². The molecule has 0 aliphatic heterocycles. The van der Waals surface area contributed by atoms with Crippen LogP contribution in [0.25, 0.3) is 0 Å². The van der Waals surface area contributed by atoms with Gasteiger partial charge in [-0.1, -0.05) is 18.2 Å². The second-order valence-electron chi connectivity index (χ2n) is 4.22. The number of nitrogens with one attached hydrogen (secondary N) is 1. The van der Waals surface area contributed by atoms with Crippen LogP contribution in [0.4, 0.5) is 11.4 Å². The van der Waals surface area contributed by atoms with E-state index in [0.29, 0.717) is 18.0 Å². The summed E-state index contributed by atoms with van der Waals surface area (Å²) in [5.41, 5.74) is 0.352. The number of hydrogen-bond acceptors (Lipinski definition) is 5. The van der Waals surface area contributed by atoms with Gasteiger partial charge in [0.05, 0.1) is 10.5 Å². The lowest BCUT2D eigenvalue weighted by Gasteiger charge is -2.07. The lowest BCUT2D eigenvalue weighted by molar-refractivity contribution is -0.384. The van der Waals surface area contributed by atoms with Gasteiger partial charge in [-0.25, -0.2) is 4.79 Å². The highest BCUT2D eigenvalue weighted by molar-refractivity contribution is 5.92. The fourth-order valence-corrected chi connectivity index (χ4v) is 1.80. The summed E-state index contributed by atoms with van der Waals surface area (Å²) in [6, 6.07) is 12.8. The van der Waals surface area contributed by atoms with E-state index in [1.54, 1.807) is 30.3 Å². The third kappa shape index (κ3) is 3.56. The molecule has 0 aliphatic carbocycles. The van der Waals surface area contributed by atoms with Gasteiger partial charge in [-0.2, -0.15) is 0 Å². The van der Waals surface area contributed by atoms with Crippen LogP contribution in [0.3, 0.4) is 0 Å². The first kappa shape index (κ1) is 14.5. The first-order chi connectivity index (χ1) is 10.1. The van der Waals surface area contributed by atoms with Gasteiger partial charge in [0.15, 0.2) is 0 Å². The molecule has 0 spiro atoms. The van der Waals surface area contributed by atoms with E-state index in [1.165, 1.54) is 18.2 Å². The maximum absolute atomic E-state index is 12.0. The summed E-state index contributed by atoms with van der Waals surface area (Å²) in [6.07, 6.45) is 0. The fraction of sp³-hybridized carbons (Fsp3) is 0.133. The van der Waals surface area contributed by atoms with Crippen LogP contribution in [0, 0.1) is 10.1 Å². The summed E-state index contributed by atoms with van der Waals surface area (Å²) in [4.78, 5) is 22.5. The molecule has 2 aromatic carbocycles. The van der Waals surface area contributed by atoms with Crippen LogP contribution in [-0.2, 0) is 0 Å². The quantitative estimate of drug-likeness (QED) is 0.395. The third-order valence-corrected chi connectivity index (χ3v) is 2.75. The molecule has 2 rings (SSSR count). The fourth-order valence-electron chi connectivity index (χ4n) is 1.80. The van der Waals surface area contributed by atoms with E-state index in [9.17, 15) is 14.9 Å². The molecule has 0 saturated heterocycles. The van der Waals surface area contributed by atoms with Crippen molar-refractivity contribution in [1.29, 1.82) is 0 Å². The molecule has 0 heterocycles. The predicted molar refractivity (Wildman–Crippen MR) is 78.7 cm³/mol. The Kier molecular flexibility index (Phi) is 4.50. The van der Waals surface area contributed by atoms with Crippen LogP contribution in [0.1, 0.15) is 17.3 Å². The SMILES string of the molecule is CCNc1ccc(C(=O)Oc2ccccc2)cc1[N+](=O)[O-]. The minimum Gasteiger partial charge on any atom is -0.423 e. The van der Waals surface area contributed by atoms with E-state index in [2.05, 4.69) is 5.32 Å². The van der Waals surface area contributed by atoms with Crippen molar-refractivity contribution in [2.75, 3.05) is 11.9 Å². The highest BCUT2D eigenvalue weighted by atomic mass is 16.6. The number of carbonyl (C=O) groups excluding carboxylic acids is 1. The number of rotatable bonds is 5. The van der Waals surface area contributed by atoms with Crippen LogP contribution in [0.15, 0.2) is 48.5 Å². The van der Waals surface area contributed by atoms with Gasteiger partial charge in [-0.3, -0.25) is 10.1 Å². The predicted octanol–water partition coefficient (Wildman–Crippen LogP) is 3.25. The molecular weight excluding hydrogens is 272 g/mol. The molecule has 0 radical (unpaired) electrons. The molecule has 21 heavy (non-hydrogen) atoms. The molecule has 0 unspecified atom stereocenters. The molecule has 1 N–H and O–H groups in total. The van der Waals surface area contributed by atoms with Gasteiger partial charge < -0.3 is 10.1 Å². The minimum atomic E-state index is -0.632. The Morgan fingerprint density at radius 2 is 1.95 bits per heavy atom. The van der Waals surface area contributed by atoms with Crippen molar-refractivity contribution >= 4 is 17.3 Å². The molecule has 0 atom stereocenters. The lowest BCUT2D eigenvalue weighted by Crippen LogP contribution is -2.10. The summed E-state index contributed by atoms with van der Waals surface area (Å²) >= 11 is 0. The summed E-state index contributed by atoms with van der Waals surface area (Å²) in [6.45, 7) is 2.38. The molecule has 0 aromatic heterocycles. The van der Waals surface area contributed by atoms with E-state index in [0.717, 1.165) is 0 Å². The molecule has 0 bridgehead atoms. The van der Waals surface area contributed by atoms with Crippen LogP contribution < -0.4 is 10.1 Å². The monoisotopic (exact) mass is 286 g/mol. The number of anilines is 1. The molecule has 0 fully saturated rings. The number of esters is 1. The summed E-state index contributed by atoms with van der Waals surface area (Å²) in [7, 11) is 0. The molecule has 2 aromatic rings. The third-order valence-electron chi connectivity index (χ3n) is 2.75. The number of nitro benzene ring substituents is 1. The first-order valence-corrected chi connectivity index (χ1v) is 6.41. The molecule has 6 heteroatoms. The molecule has 0 amide bonds. The number of para-hydroxylation sites is 1. The number of hydrogen-bond donors (Lipinski definition) is 1. The van der Waals surface area contributed by atoms with Crippen molar-refractivity contribution in [1.82, 2.24) is 0 Å². The number of benzene rings is 2. The van der Waals surface area contributed by atoms with Gasteiger partial charge in [-0.05, 0) is 31.2 Å². The van der Waals surface area contributed by atoms with Gasteiger partial charge in [0.2, 0.25) is 0 Å². The zero-order chi connectivity index (χ0) is 15.2. The summed E-state index contributed by atoms with van der Waals surface area (Å²) in [5, 5.41) is 13.9.